The number of fused-ring (bicyclic) bond motifs is 20. The summed E-state index contributed by atoms with van der Waals surface area (Å²) in [6.07, 6.45) is 0. The summed E-state index contributed by atoms with van der Waals surface area (Å²) in [5.74, 6) is 0. The lowest BCUT2D eigenvalue weighted by Gasteiger charge is -2.27. The Balaban J connectivity index is 1.16. The van der Waals surface area contributed by atoms with Gasteiger partial charge >= 0.3 is 0 Å². The molecular formula is C78H48N6S2. The van der Waals surface area contributed by atoms with E-state index in [9.17, 15) is 10.5 Å². The predicted octanol–water partition coefficient (Wildman–Crippen LogP) is 21.5. The van der Waals surface area contributed by atoms with Crippen molar-refractivity contribution in [3.63, 3.8) is 0 Å². The average Bonchev–Trinajstić information content (AvgIpc) is 1.50. The number of nitriles is 2. The van der Waals surface area contributed by atoms with Gasteiger partial charge in [-0.2, -0.15) is 10.5 Å². The Morgan fingerprint density at radius 3 is 1.15 bits per heavy atom. The van der Waals surface area contributed by atoms with Gasteiger partial charge in [0.05, 0.1) is 76.3 Å². The van der Waals surface area contributed by atoms with E-state index in [1.807, 2.05) is 0 Å². The molecule has 0 spiro atoms. The highest BCUT2D eigenvalue weighted by Gasteiger charge is 2.36. The highest BCUT2D eigenvalue weighted by Crippen LogP contribution is 2.53. The van der Waals surface area contributed by atoms with Gasteiger partial charge in [0.1, 0.15) is 23.3 Å². The molecule has 0 atom stereocenters. The van der Waals surface area contributed by atoms with Crippen LogP contribution in [0.25, 0.3) is 161 Å². The summed E-state index contributed by atoms with van der Waals surface area (Å²) in [7, 11) is 0. The maximum atomic E-state index is 13.0. The highest BCUT2D eigenvalue weighted by molar-refractivity contribution is 7.27. The van der Waals surface area contributed by atoms with Gasteiger partial charge in [0.2, 0.25) is 0 Å². The minimum atomic E-state index is -0.166. The van der Waals surface area contributed by atoms with Gasteiger partial charge in [0, 0.05) is 74.0 Å². The third-order valence-electron chi connectivity index (χ3n) is 18.2. The first-order valence-electron chi connectivity index (χ1n) is 29.1. The lowest BCUT2D eigenvalue weighted by atomic mass is 9.86. The molecule has 6 nitrogen and oxygen atoms in total. The second-order valence-electron chi connectivity index (χ2n) is 23.7. The third-order valence-corrected chi connectivity index (χ3v) is 20.6. The van der Waals surface area contributed by atoms with Gasteiger partial charge < -0.3 is 18.3 Å². The molecule has 0 saturated carbocycles. The van der Waals surface area contributed by atoms with Gasteiger partial charge in [-0.05, 0) is 82.8 Å². The van der Waals surface area contributed by atoms with Crippen LogP contribution >= 0.6 is 22.7 Å². The first-order valence-corrected chi connectivity index (χ1v) is 30.8. The van der Waals surface area contributed by atoms with Crippen LogP contribution in [0.15, 0.2) is 237 Å². The lowest BCUT2D eigenvalue weighted by molar-refractivity contribution is 0.591. The van der Waals surface area contributed by atoms with Crippen molar-refractivity contribution in [1.29, 1.82) is 10.5 Å². The molecule has 402 valence electrons. The maximum absolute atomic E-state index is 13.0. The summed E-state index contributed by atoms with van der Waals surface area (Å²) in [4.78, 5) is 0. The van der Waals surface area contributed by atoms with Crippen molar-refractivity contribution >= 4 is 150 Å². The van der Waals surface area contributed by atoms with E-state index < -0.39 is 0 Å². The quantitative estimate of drug-likeness (QED) is 0.172. The summed E-state index contributed by atoms with van der Waals surface area (Å²) >= 11 is 3.56. The second kappa shape index (κ2) is 17.9. The standard InChI is InChI=1S/C78H48N6S2/c1-78(2,3)47-34-40-67-59(42-47)55-36-38-57-53-26-12-18-32-69(53)86-77(57)74(55)84(67)75-71(81-62-27-13-7-21-48(62)49-22-8-14-28-63(49)81)60(43-79)70(61(44-80)72(75)82-64-29-15-9-23-50(64)51-24-10-16-30-65(51)82)83-66-39-33-46(45-19-5-4-6-20-45)41-58(66)54-35-37-56-52-25-11-17-31-68(52)85-76(56)73(54)83/h4-42H,1-3H3. The van der Waals surface area contributed by atoms with Crippen LogP contribution in [0.5, 0.6) is 0 Å². The molecule has 18 aromatic rings. The molecule has 18 rings (SSSR count). The van der Waals surface area contributed by atoms with E-state index in [0.717, 1.165) is 130 Å². The number of aromatic nitrogens is 4. The van der Waals surface area contributed by atoms with Gasteiger partial charge in [0.25, 0.3) is 0 Å². The number of nitrogens with zero attached hydrogens (tertiary/aromatic N) is 6. The Labute approximate surface area is 501 Å². The SMILES string of the molecule is CC(C)(C)c1ccc2c(c1)c1ccc3c4ccccc4sc3c1n2-c1c(-n2c3ccccc3c3ccccc32)c(C#N)c(-n2c3ccc(-c4ccccc4)cc3c3ccc4c5ccccc5sc4c32)c(C#N)c1-n1c2ccccc2c2ccccc21. The minimum absolute atomic E-state index is 0.166. The molecule has 0 aliphatic rings. The van der Waals surface area contributed by atoms with Crippen molar-refractivity contribution < 1.29 is 0 Å². The zero-order chi connectivity index (χ0) is 57.3. The zero-order valence-electron chi connectivity index (χ0n) is 47.0. The Hall–Kier alpha value is -10.7. The zero-order valence-corrected chi connectivity index (χ0v) is 48.6. The van der Waals surface area contributed by atoms with E-state index in [4.69, 9.17) is 0 Å². The van der Waals surface area contributed by atoms with Gasteiger partial charge in [-0.25, -0.2) is 0 Å². The molecule has 0 aliphatic carbocycles. The molecule has 0 amide bonds. The Morgan fingerprint density at radius 2 is 0.686 bits per heavy atom. The minimum Gasteiger partial charge on any atom is -0.306 e. The van der Waals surface area contributed by atoms with Gasteiger partial charge in [0.15, 0.2) is 0 Å². The molecule has 0 unspecified atom stereocenters. The normalized spacial score (nSPS) is 12.3. The van der Waals surface area contributed by atoms with E-state index in [-0.39, 0.29) is 5.41 Å². The van der Waals surface area contributed by atoms with Gasteiger partial charge in [-0.1, -0.05) is 197 Å². The molecule has 0 fully saturated rings. The van der Waals surface area contributed by atoms with E-state index >= 15 is 0 Å². The van der Waals surface area contributed by atoms with Crippen LogP contribution in [0.2, 0.25) is 0 Å². The third kappa shape index (κ3) is 6.57. The monoisotopic (exact) mass is 1130 g/mol. The fraction of sp³-hybridized carbons (Fsp3) is 0.0513. The summed E-state index contributed by atoms with van der Waals surface area (Å²) in [6.45, 7) is 6.83. The molecule has 0 aliphatic heterocycles. The van der Waals surface area contributed by atoms with Crippen LogP contribution in [0.3, 0.4) is 0 Å². The highest BCUT2D eigenvalue weighted by atomic mass is 32.1. The number of hydrogen-bond donors (Lipinski definition) is 0. The van der Waals surface area contributed by atoms with Gasteiger partial charge in [-0.3, -0.25) is 0 Å². The number of rotatable bonds is 5. The van der Waals surface area contributed by atoms with Crippen molar-refractivity contribution in [3.05, 3.63) is 253 Å². The van der Waals surface area contributed by atoms with Crippen LogP contribution in [0.1, 0.15) is 37.5 Å². The molecular weight excluding hydrogens is 1090 g/mol. The lowest BCUT2D eigenvalue weighted by Crippen LogP contribution is -2.17. The van der Waals surface area contributed by atoms with Gasteiger partial charge in [-0.15, -0.1) is 22.7 Å². The topological polar surface area (TPSA) is 67.3 Å². The first-order chi connectivity index (χ1) is 42.3. The Kier molecular flexibility index (Phi) is 10.1. The molecule has 8 heteroatoms. The van der Waals surface area contributed by atoms with Crippen LogP contribution in [0.4, 0.5) is 0 Å². The summed E-state index contributed by atoms with van der Waals surface area (Å²) < 4.78 is 14.0. The van der Waals surface area contributed by atoms with Crippen LogP contribution in [-0.4, -0.2) is 18.3 Å². The van der Waals surface area contributed by atoms with E-state index in [2.05, 4.69) is 288 Å². The number of thiophene rings is 2. The van der Waals surface area contributed by atoms with Crippen LogP contribution in [0, 0.1) is 22.7 Å². The van der Waals surface area contributed by atoms with Crippen molar-refractivity contribution in [2.45, 2.75) is 26.2 Å². The second-order valence-corrected chi connectivity index (χ2v) is 25.8. The van der Waals surface area contributed by atoms with Crippen LogP contribution < -0.4 is 0 Å². The Morgan fingerprint density at radius 1 is 0.302 bits per heavy atom. The average molecular weight is 1130 g/mol. The van der Waals surface area contributed by atoms with Crippen LogP contribution in [-0.2, 0) is 5.41 Å². The molecule has 0 N–H and O–H groups in total. The molecule has 0 saturated heterocycles. The fourth-order valence-electron chi connectivity index (χ4n) is 14.4. The molecule has 6 heterocycles. The number of hydrogen-bond acceptors (Lipinski definition) is 4. The smallest absolute Gasteiger partial charge is 0.104 e. The molecule has 86 heavy (non-hydrogen) atoms. The van der Waals surface area contributed by atoms with E-state index in [0.29, 0.717) is 28.2 Å². The van der Waals surface area contributed by atoms with Crippen molar-refractivity contribution in [3.8, 4) is 46.0 Å². The predicted molar refractivity (Wildman–Crippen MR) is 363 cm³/mol. The van der Waals surface area contributed by atoms with E-state index in [1.165, 1.54) is 20.3 Å². The van der Waals surface area contributed by atoms with E-state index in [1.54, 1.807) is 22.7 Å². The summed E-state index contributed by atoms with van der Waals surface area (Å²) in [5.41, 5.74) is 14.2. The summed E-state index contributed by atoms with van der Waals surface area (Å²) in [5, 5.41) is 39.2. The van der Waals surface area contributed by atoms with Crippen molar-refractivity contribution in [2.24, 2.45) is 0 Å². The van der Waals surface area contributed by atoms with Crippen molar-refractivity contribution in [1.82, 2.24) is 18.3 Å². The molecule has 0 bridgehead atoms. The number of benzene rings is 12. The molecule has 0 radical (unpaired) electrons. The number of para-hydroxylation sites is 4. The van der Waals surface area contributed by atoms with Crippen molar-refractivity contribution in [2.75, 3.05) is 0 Å². The maximum Gasteiger partial charge on any atom is 0.104 e. The first kappa shape index (κ1) is 48.8. The molecule has 6 aromatic heterocycles. The summed E-state index contributed by atoms with van der Waals surface area (Å²) in [6, 6.07) is 91.1. The Bertz CT molecular complexity index is 5830. The molecule has 12 aromatic carbocycles. The fourth-order valence-corrected chi connectivity index (χ4v) is 16.9. The largest absolute Gasteiger partial charge is 0.306 e.